The number of hydrogen-bond donors (Lipinski definition) is 1. The second kappa shape index (κ2) is 5.49. The average molecular weight is 259 g/mol. The highest BCUT2D eigenvalue weighted by molar-refractivity contribution is 5.50. The zero-order chi connectivity index (χ0) is 13.8. The van der Waals surface area contributed by atoms with Crippen molar-refractivity contribution < 1.29 is 14.8 Å². The maximum Gasteiger partial charge on any atom is 0.311 e. The van der Waals surface area contributed by atoms with Crippen molar-refractivity contribution in [3.05, 3.63) is 63.7 Å². The van der Waals surface area contributed by atoms with E-state index in [1.54, 1.807) is 18.2 Å². The molecule has 0 aliphatic rings. The summed E-state index contributed by atoms with van der Waals surface area (Å²) < 4.78 is 5.50. The lowest BCUT2D eigenvalue weighted by atomic mass is 10.2. The molecular weight excluding hydrogens is 246 g/mol. The van der Waals surface area contributed by atoms with E-state index >= 15 is 0 Å². The summed E-state index contributed by atoms with van der Waals surface area (Å²) in [6.07, 6.45) is 0. The molecule has 0 radical (unpaired) electrons. The van der Waals surface area contributed by atoms with Crippen molar-refractivity contribution >= 4 is 5.69 Å². The van der Waals surface area contributed by atoms with E-state index in [0.717, 1.165) is 5.56 Å². The largest absolute Gasteiger partial charge is 0.450 e. The third-order valence-electron chi connectivity index (χ3n) is 2.65. The molecule has 0 unspecified atom stereocenters. The molecule has 0 amide bonds. The van der Waals surface area contributed by atoms with Crippen LogP contribution in [0.1, 0.15) is 11.1 Å². The van der Waals surface area contributed by atoms with Gasteiger partial charge in [0, 0.05) is 6.07 Å². The fourth-order valence-electron chi connectivity index (χ4n) is 1.62. The molecule has 0 aromatic heterocycles. The minimum absolute atomic E-state index is 0.158. The van der Waals surface area contributed by atoms with Crippen LogP contribution in [0.25, 0.3) is 0 Å². The summed E-state index contributed by atoms with van der Waals surface area (Å²) in [7, 11) is 0. The van der Waals surface area contributed by atoms with Crippen molar-refractivity contribution in [1.29, 1.82) is 0 Å². The molecule has 0 saturated heterocycles. The number of nitro benzene ring substituents is 1. The van der Waals surface area contributed by atoms with Gasteiger partial charge in [-0.25, -0.2) is 0 Å². The molecule has 2 aromatic rings. The van der Waals surface area contributed by atoms with Crippen molar-refractivity contribution in [2.45, 2.75) is 13.5 Å². The Morgan fingerprint density at radius 3 is 2.47 bits per heavy atom. The normalized spacial score (nSPS) is 10.2. The summed E-state index contributed by atoms with van der Waals surface area (Å²) in [4.78, 5) is 10.5. The molecule has 0 aliphatic heterocycles. The highest BCUT2D eigenvalue weighted by Gasteiger charge is 2.16. The van der Waals surface area contributed by atoms with Gasteiger partial charge in [0.05, 0.1) is 11.5 Å². The lowest BCUT2D eigenvalue weighted by Crippen LogP contribution is -1.95. The molecule has 5 heteroatoms. The Labute approximate surface area is 110 Å². The number of nitrogens with zero attached hydrogens (tertiary/aromatic N) is 1. The molecule has 0 atom stereocenters. The lowest BCUT2D eigenvalue weighted by molar-refractivity contribution is -0.385. The number of aliphatic hydroxyl groups is 1. The summed E-state index contributed by atoms with van der Waals surface area (Å²) in [6, 6.07) is 11.6. The zero-order valence-electron chi connectivity index (χ0n) is 10.4. The van der Waals surface area contributed by atoms with Gasteiger partial charge in [0.2, 0.25) is 5.75 Å². The molecule has 0 fully saturated rings. The second-order valence-corrected chi connectivity index (χ2v) is 4.13. The van der Waals surface area contributed by atoms with Crippen LogP contribution in [0.3, 0.4) is 0 Å². The Morgan fingerprint density at radius 2 is 1.89 bits per heavy atom. The van der Waals surface area contributed by atoms with E-state index in [4.69, 9.17) is 9.84 Å². The molecule has 19 heavy (non-hydrogen) atoms. The van der Waals surface area contributed by atoms with Crippen molar-refractivity contribution in [3.63, 3.8) is 0 Å². The van der Waals surface area contributed by atoms with Gasteiger partial charge in [0.1, 0.15) is 5.75 Å². The van der Waals surface area contributed by atoms with Gasteiger partial charge < -0.3 is 9.84 Å². The highest BCUT2D eigenvalue weighted by Crippen LogP contribution is 2.32. The van der Waals surface area contributed by atoms with Crippen LogP contribution in [-0.2, 0) is 6.61 Å². The van der Waals surface area contributed by atoms with Crippen molar-refractivity contribution in [1.82, 2.24) is 0 Å². The number of aliphatic hydroxyl groups excluding tert-OH is 1. The Hall–Kier alpha value is -2.40. The first kappa shape index (κ1) is 13.0. The lowest BCUT2D eigenvalue weighted by Gasteiger charge is -2.07. The van der Waals surface area contributed by atoms with Crippen molar-refractivity contribution in [2.75, 3.05) is 0 Å². The van der Waals surface area contributed by atoms with Crippen LogP contribution in [0.5, 0.6) is 11.5 Å². The summed E-state index contributed by atoms with van der Waals surface area (Å²) in [5.74, 6) is 0.691. The van der Waals surface area contributed by atoms with Gasteiger partial charge in [-0.15, -0.1) is 0 Å². The third kappa shape index (κ3) is 3.08. The van der Waals surface area contributed by atoms with E-state index < -0.39 is 4.92 Å². The van der Waals surface area contributed by atoms with E-state index in [9.17, 15) is 10.1 Å². The van der Waals surface area contributed by atoms with Crippen LogP contribution < -0.4 is 4.74 Å². The molecule has 2 aromatic carbocycles. The van der Waals surface area contributed by atoms with E-state index in [1.807, 2.05) is 19.1 Å². The molecule has 0 saturated carbocycles. The standard InChI is InChI=1S/C14H13NO4/c1-10-2-5-12(6-3-10)19-14-7-4-11(9-16)8-13(14)15(17)18/h2-8,16H,9H2,1H3. The molecule has 0 aliphatic carbocycles. The van der Waals surface area contributed by atoms with Gasteiger partial charge in [-0.2, -0.15) is 0 Å². The summed E-state index contributed by atoms with van der Waals surface area (Å²) in [5, 5.41) is 20.0. The first-order valence-corrected chi connectivity index (χ1v) is 5.73. The summed E-state index contributed by atoms with van der Waals surface area (Å²) in [5.41, 5.74) is 1.40. The second-order valence-electron chi connectivity index (χ2n) is 4.13. The van der Waals surface area contributed by atoms with Gasteiger partial charge in [-0.3, -0.25) is 10.1 Å². The predicted molar refractivity (Wildman–Crippen MR) is 70.3 cm³/mol. The number of benzene rings is 2. The smallest absolute Gasteiger partial charge is 0.311 e. The summed E-state index contributed by atoms with van der Waals surface area (Å²) in [6.45, 7) is 1.70. The molecule has 0 spiro atoms. The SMILES string of the molecule is Cc1ccc(Oc2ccc(CO)cc2[N+](=O)[O-])cc1. The van der Waals surface area contributed by atoms with Gasteiger partial charge in [0.25, 0.3) is 0 Å². The van der Waals surface area contributed by atoms with Gasteiger partial charge in [0.15, 0.2) is 0 Å². The number of hydrogen-bond acceptors (Lipinski definition) is 4. The minimum atomic E-state index is -0.525. The van der Waals surface area contributed by atoms with Crippen LogP contribution >= 0.6 is 0 Å². The van der Waals surface area contributed by atoms with E-state index in [1.165, 1.54) is 12.1 Å². The number of aryl methyl sites for hydroxylation is 1. The zero-order valence-corrected chi connectivity index (χ0v) is 10.4. The fourth-order valence-corrected chi connectivity index (χ4v) is 1.62. The first-order chi connectivity index (χ1) is 9.10. The molecule has 98 valence electrons. The highest BCUT2D eigenvalue weighted by atomic mass is 16.6. The Kier molecular flexibility index (Phi) is 3.77. The molecule has 0 bridgehead atoms. The molecule has 2 rings (SSSR count). The fraction of sp³-hybridized carbons (Fsp3) is 0.143. The Morgan fingerprint density at radius 1 is 1.21 bits per heavy atom. The maximum absolute atomic E-state index is 11.0. The van der Waals surface area contributed by atoms with Crippen LogP contribution in [0, 0.1) is 17.0 Å². The van der Waals surface area contributed by atoms with Crippen LogP contribution in [-0.4, -0.2) is 10.0 Å². The molecule has 5 nitrogen and oxygen atoms in total. The summed E-state index contributed by atoms with van der Waals surface area (Å²) >= 11 is 0. The van der Waals surface area contributed by atoms with Gasteiger partial charge >= 0.3 is 5.69 Å². The minimum Gasteiger partial charge on any atom is -0.450 e. The van der Waals surface area contributed by atoms with Gasteiger partial charge in [-0.05, 0) is 30.7 Å². The van der Waals surface area contributed by atoms with E-state index in [-0.39, 0.29) is 18.0 Å². The monoisotopic (exact) mass is 259 g/mol. The average Bonchev–Trinajstić information content (AvgIpc) is 2.41. The number of ether oxygens (including phenoxy) is 1. The Bertz CT molecular complexity index is 593. The van der Waals surface area contributed by atoms with E-state index in [2.05, 4.69) is 0 Å². The topological polar surface area (TPSA) is 72.6 Å². The van der Waals surface area contributed by atoms with E-state index in [0.29, 0.717) is 11.3 Å². The number of nitro groups is 1. The van der Waals surface area contributed by atoms with Crippen molar-refractivity contribution in [2.24, 2.45) is 0 Å². The molecular formula is C14H13NO4. The first-order valence-electron chi connectivity index (χ1n) is 5.73. The molecule has 0 heterocycles. The quantitative estimate of drug-likeness (QED) is 0.676. The van der Waals surface area contributed by atoms with Crippen LogP contribution in [0.2, 0.25) is 0 Å². The van der Waals surface area contributed by atoms with Crippen LogP contribution in [0.4, 0.5) is 5.69 Å². The van der Waals surface area contributed by atoms with Gasteiger partial charge in [-0.1, -0.05) is 23.8 Å². The predicted octanol–water partition coefficient (Wildman–Crippen LogP) is 3.19. The maximum atomic E-state index is 11.0. The molecule has 1 N–H and O–H groups in total. The van der Waals surface area contributed by atoms with Crippen LogP contribution in [0.15, 0.2) is 42.5 Å². The third-order valence-corrected chi connectivity index (χ3v) is 2.65. The number of rotatable bonds is 4. The Balaban J connectivity index is 2.33. The van der Waals surface area contributed by atoms with Crippen molar-refractivity contribution in [3.8, 4) is 11.5 Å².